The Morgan fingerprint density at radius 1 is 0.739 bits per heavy atom. The first-order valence-corrected chi connectivity index (χ1v) is 15.2. The van der Waals surface area contributed by atoms with Crippen molar-refractivity contribution in [2.24, 2.45) is 4.99 Å². The number of nitrogens with zero attached hydrogens (tertiary/aromatic N) is 2. The first-order valence-electron chi connectivity index (χ1n) is 15.2. The Labute approximate surface area is 296 Å². The van der Waals surface area contributed by atoms with Crippen molar-refractivity contribution in [1.29, 1.82) is 0 Å². The van der Waals surface area contributed by atoms with Gasteiger partial charge in [0.2, 0.25) is 0 Å². The van der Waals surface area contributed by atoms with Crippen LogP contribution in [0.4, 0.5) is 11.4 Å². The van der Waals surface area contributed by atoms with Crippen LogP contribution < -0.4 is 10.4 Å². The molecule has 223 valence electrons. The van der Waals surface area contributed by atoms with E-state index in [0.717, 1.165) is 33.1 Å². The molecule has 4 nitrogen and oxygen atoms in total. The van der Waals surface area contributed by atoms with Crippen LogP contribution in [0, 0.1) is 0 Å². The summed E-state index contributed by atoms with van der Waals surface area (Å²) >= 11 is 0. The van der Waals surface area contributed by atoms with Crippen LogP contribution in [0.5, 0.6) is 0 Å². The average molecular weight is 675 g/mol. The maximum absolute atomic E-state index is 10.2. The van der Waals surface area contributed by atoms with E-state index >= 15 is 0 Å². The fraction of sp³-hybridized carbons (Fsp3) is 0.0976. The van der Waals surface area contributed by atoms with Crippen LogP contribution >= 0.6 is 0 Å². The molecule has 0 amide bonds. The second kappa shape index (κ2) is 12.8. The smallest absolute Gasteiger partial charge is 0.0868 e. The van der Waals surface area contributed by atoms with Crippen molar-refractivity contribution in [1.82, 2.24) is 0 Å². The van der Waals surface area contributed by atoms with Gasteiger partial charge in [0.1, 0.15) is 0 Å². The van der Waals surface area contributed by atoms with E-state index in [1.165, 1.54) is 44.2 Å². The van der Waals surface area contributed by atoms with Crippen molar-refractivity contribution >= 4 is 34.6 Å². The number of benzene rings is 6. The van der Waals surface area contributed by atoms with Crippen LogP contribution in [0.15, 0.2) is 138 Å². The van der Waals surface area contributed by atoms with E-state index < -0.39 is 5.41 Å². The van der Waals surface area contributed by atoms with E-state index in [2.05, 4.69) is 145 Å². The Kier molecular flexibility index (Phi) is 8.80. The molecule has 0 spiro atoms. The van der Waals surface area contributed by atoms with Gasteiger partial charge in [-0.15, -0.1) is 0 Å². The maximum atomic E-state index is 10.2. The molecule has 0 bridgehead atoms. The van der Waals surface area contributed by atoms with Crippen LogP contribution in [0.2, 0.25) is 0 Å². The minimum atomic E-state index is -0.474. The molecular weight excluding hydrogens is 639 g/mol. The second-order valence-electron chi connectivity index (χ2n) is 11.8. The van der Waals surface area contributed by atoms with Gasteiger partial charge in [0.15, 0.2) is 0 Å². The van der Waals surface area contributed by atoms with Gasteiger partial charge in [-0.1, -0.05) is 109 Å². The Morgan fingerprint density at radius 3 is 2.07 bits per heavy atom. The van der Waals surface area contributed by atoms with Gasteiger partial charge >= 0.3 is 0 Å². The van der Waals surface area contributed by atoms with Gasteiger partial charge in [-0.2, -0.15) is 0 Å². The standard InChI is InChI=1S/C41H35N3O.Y/c1-41(31-12-6-5-7-13-31,32-21-22-33-34-14-8-10-29-11-9-15-35(40(29)34)36(33)25-32)26-38(43-3)28-18-16-27(17-19-28)30-20-23-37(42-2)39(24-30)44(4)45;/h5-26,42,45H,3H2,1-2,4H3;/b38-26-;. The van der Waals surface area contributed by atoms with Crippen molar-refractivity contribution in [2.75, 3.05) is 24.5 Å². The molecule has 46 heavy (non-hydrogen) atoms. The number of hydrogen-bond donors (Lipinski definition) is 2. The Bertz CT molecular complexity index is 2100. The molecule has 1 radical (unpaired) electrons. The summed E-state index contributed by atoms with van der Waals surface area (Å²) in [6, 6.07) is 45.1. The fourth-order valence-corrected chi connectivity index (χ4v) is 6.75. The molecule has 1 unspecified atom stereocenters. The van der Waals surface area contributed by atoms with Gasteiger partial charge in [-0.05, 0) is 98.8 Å². The molecule has 1 aliphatic carbocycles. The molecule has 0 heterocycles. The topological polar surface area (TPSA) is 47.9 Å². The molecule has 0 aromatic heterocycles. The molecule has 0 saturated heterocycles. The van der Waals surface area contributed by atoms with Crippen molar-refractivity contribution < 1.29 is 37.9 Å². The average Bonchev–Trinajstić information content (AvgIpc) is 3.42. The van der Waals surface area contributed by atoms with Gasteiger partial charge < -0.3 is 5.32 Å². The number of aliphatic imine (C=N–C) groups is 1. The molecule has 6 aromatic carbocycles. The van der Waals surface area contributed by atoms with Gasteiger partial charge in [0.25, 0.3) is 0 Å². The summed E-state index contributed by atoms with van der Waals surface area (Å²) in [4.78, 5) is 4.56. The predicted molar refractivity (Wildman–Crippen MR) is 190 cm³/mol. The summed E-state index contributed by atoms with van der Waals surface area (Å²) < 4.78 is 0. The summed E-state index contributed by atoms with van der Waals surface area (Å²) in [5.41, 5.74) is 12.5. The third-order valence-electron chi connectivity index (χ3n) is 9.20. The second-order valence-corrected chi connectivity index (χ2v) is 11.8. The molecule has 6 aromatic rings. The maximum Gasteiger partial charge on any atom is 0.0868 e. The van der Waals surface area contributed by atoms with Crippen LogP contribution in [-0.4, -0.2) is 26.0 Å². The Balaban J connectivity index is 0.00000372. The molecule has 5 heteroatoms. The van der Waals surface area contributed by atoms with E-state index in [9.17, 15) is 5.21 Å². The van der Waals surface area contributed by atoms with Crippen LogP contribution in [0.3, 0.4) is 0 Å². The monoisotopic (exact) mass is 674 g/mol. The number of anilines is 2. The third kappa shape index (κ3) is 5.41. The molecular formula is C41H35N3OY. The van der Waals surface area contributed by atoms with E-state index in [-0.39, 0.29) is 32.7 Å². The fourth-order valence-electron chi connectivity index (χ4n) is 6.75. The molecule has 2 N–H and O–H groups in total. The summed E-state index contributed by atoms with van der Waals surface area (Å²) in [7, 11) is 3.47. The number of nitrogens with one attached hydrogen (secondary N) is 1. The van der Waals surface area contributed by atoms with Crippen molar-refractivity contribution in [3.63, 3.8) is 0 Å². The summed E-state index contributed by atoms with van der Waals surface area (Å²) in [5, 5.41) is 17.0. The molecule has 1 atom stereocenters. The zero-order chi connectivity index (χ0) is 31.1. The van der Waals surface area contributed by atoms with Crippen molar-refractivity contribution in [3.8, 4) is 33.4 Å². The molecule has 0 fully saturated rings. The summed E-state index contributed by atoms with van der Waals surface area (Å²) in [5.74, 6) is 0. The van der Waals surface area contributed by atoms with Gasteiger partial charge in [0.05, 0.1) is 17.1 Å². The zero-order valence-electron chi connectivity index (χ0n) is 26.3. The van der Waals surface area contributed by atoms with Crippen LogP contribution in [0.1, 0.15) is 23.6 Å². The number of fused-ring (bicyclic) bond motifs is 3. The summed E-state index contributed by atoms with van der Waals surface area (Å²) in [6.07, 6.45) is 2.25. The quantitative estimate of drug-likeness (QED) is 0.125. The molecule has 0 saturated carbocycles. The normalized spacial score (nSPS) is 13.0. The van der Waals surface area contributed by atoms with E-state index in [0.29, 0.717) is 5.69 Å². The molecule has 7 rings (SSSR count). The van der Waals surface area contributed by atoms with E-state index in [1.807, 2.05) is 19.2 Å². The molecule has 0 aliphatic heterocycles. The minimum absolute atomic E-state index is 0. The Morgan fingerprint density at radius 2 is 1.41 bits per heavy atom. The van der Waals surface area contributed by atoms with Gasteiger partial charge in [0, 0.05) is 52.2 Å². The zero-order valence-corrected chi connectivity index (χ0v) is 29.2. The molecule has 1 aliphatic rings. The van der Waals surface area contributed by atoms with E-state index in [4.69, 9.17) is 0 Å². The number of hydrogen-bond acceptors (Lipinski definition) is 4. The van der Waals surface area contributed by atoms with Crippen LogP contribution in [-0.2, 0) is 38.1 Å². The van der Waals surface area contributed by atoms with Crippen molar-refractivity contribution in [2.45, 2.75) is 12.3 Å². The SMILES string of the molecule is C=N/C(=C\C(C)(c1ccccc1)c1ccc2c(c1)-c1cccc3cccc-2c13)c1ccc(-c2ccc(NC)c(N(C)O)c2)cc1.[Y]. The Hall–Kier alpha value is -4.35. The minimum Gasteiger partial charge on any atom is -0.386 e. The largest absolute Gasteiger partial charge is 0.386 e. The van der Waals surface area contributed by atoms with Gasteiger partial charge in [-0.25, -0.2) is 0 Å². The van der Waals surface area contributed by atoms with Crippen LogP contribution in [0.25, 0.3) is 49.9 Å². The first kappa shape index (κ1) is 31.6. The van der Waals surface area contributed by atoms with Gasteiger partial charge in [-0.3, -0.25) is 15.3 Å². The van der Waals surface area contributed by atoms with Crippen molar-refractivity contribution in [3.05, 3.63) is 150 Å². The predicted octanol–water partition coefficient (Wildman–Crippen LogP) is 10.1. The number of hydroxylamine groups is 1. The first-order chi connectivity index (χ1) is 21.9. The summed E-state index contributed by atoms with van der Waals surface area (Å²) in [6.45, 7) is 6.26. The van der Waals surface area contributed by atoms with E-state index in [1.54, 1.807) is 7.05 Å². The number of rotatable bonds is 8. The third-order valence-corrected chi connectivity index (χ3v) is 9.20. The number of allylic oxidation sites excluding steroid dienone is 1.